The van der Waals surface area contributed by atoms with Crippen LogP contribution in [-0.4, -0.2) is 18.0 Å². The summed E-state index contributed by atoms with van der Waals surface area (Å²) in [7, 11) is 1.57. The molecular weight excluding hydrogens is 276 g/mol. The lowest BCUT2D eigenvalue weighted by Crippen LogP contribution is -2.33. The van der Waals surface area contributed by atoms with Gasteiger partial charge in [-0.2, -0.15) is 0 Å². The molecule has 0 atom stereocenters. The summed E-state index contributed by atoms with van der Waals surface area (Å²) in [6, 6.07) is 10.6. The minimum Gasteiger partial charge on any atom is -0.497 e. The van der Waals surface area contributed by atoms with Gasteiger partial charge in [0.1, 0.15) is 11.5 Å². The van der Waals surface area contributed by atoms with Gasteiger partial charge in [0.2, 0.25) is 0 Å². The smallest absolute Gasteiger partial charge is 0.283 e. The number of amides is 1. The Balaban J connectivity index is 1.88. The van der Waals surface area contributed by atoms with Crippen LogP contribution in [0.15, 0.2) is 47.1 Å². The number of hydrogen-bond donors (Lipinski definition) is 2. The summed E-state index contributed by atoms with van der Waals surface area (Å²) in [5.41, 5.74) is 0.622. The maximum atomic E-state index is 11.9. The first-order valence-corrected chi connectivity index (χ1v) is 6.35. The number of ether oxygens (including phenoxy) is 1. The summed E-state index contributed by atoms with van der Waals surface area (Å²) >= 11 is 5.01. The van der Waals surface area contributed by atoms with Crippen LogP contribution < -0.4 is 15.4 Å². The Hall–Kier alpha value is -2.34. The van der Waals surface area contributed by atoms with E-state index in [4.69, 9.17) is 21.4 Å². The SMILES string of the molecule is COc1cccc(NC(=O)C(=S)NCc2ccco2)c1. The van der Waals surface area contributed by atoms with Crippen LogP contribution in [0.3, 0.4) is 0 Å². The van der Waals surface area contributed by atoms with E-state index in [2.05, 4.69) is 10.6 Å². The molecule has 0 spiro atoms. The lowest BCUT2D eigenvalue weighted by molar-refractivity contribution is -0.110. The van der Waals surface area contributed by atoms with E-state index in [-0.39, 0.29) is 10.9 Å². The van der Waals surface area contributed by atoms with Crippen molar-refractivity contribution in [2.75, 3.05) is 12.4 Å². The molecule has 2 rings (SSSR count). The molecular formula is C14H14N2O3S. The van der Waals surface area contributed by atoms with E-state index in [0.29, 0.717) is 23.7 Å². The average Bonchev–Trinajstić information content (AvgIpc) is 2.98. The van der Waals surface area contributed by atoms with Crippen molar-refractivity contribution < 1.29 is 13.9 Å². The van der Waals surface area contributed by atoms with Crippen LogP contribution in [0.2, 0.25) is 0 Å². The molecule has 0 aliphatic rings. The zero-order chi connectivity index (χ0) is 14.4. The van der Waals surface area contributed by atoms with E-state index < -0.39 is 0 Å². The predicted octanol–water partition coefficient (Wildman–Crippen LogP) is 2.34. The summed E-state index contributed by atoms with van der Waals surface area (Å²) in [6.07, 6.45) is 1.57. The normalized spacial score (nSPS) is 9.85. The van der Waals surface area contributed by atoms with Crippen LogP contribution in [0.25, 0.3) is 0 Å². The molecule has 1 aromatic heterocycles. The summed E-state index contributed by atoms with van der Waals surface area (Å²) in [4.78, 5) is 12.0. The van der Waals surface area contributed by atoms with Crippen LogP contribution in [0.4, 0.5) is 5.69 Å². The maximum Gasteiger partial charge on any atom is 0.283 e. The van der Waals surface area contributed by atoms with Gasteiger partial charge in [-0.25, -0.2) is 0 Å². The summed E-state index contributed by atoms with van der Waals surface area (Å²) in [6.45, 7) is 0.372. The van der Waals surface area contributed by atoms with Gasteiger partial charge >= 0.3 is 0 Å². The maximum absolute atomic E-state index is 11.9. The number of carbonyl (C=O) groups is 1. The van der Waals surface area contributed by atoms with Crippen molar-refractivity contribution in [1.82, 2.24) is 5.32 Å². The highest BCUT2D eigenvalue weighted by Crippen LogP contribution is 2.16. The van der Waals surface area contributed by atoms with Crippen LogP contribution in [-0.2, 0) is 11.3 Å². The third-order valence-electron chi connectivity index (χ3n) is 2.54. The highest BCUT2D eigenvalue weighted by molar-refractivity contribution is 7.82. The Labute approximate surface area is 121 Å². The molecule has 0 saturated heterocycles. The zero-order valence-corrected chi connectivity index (χ0v) is 11.7. The number of thiocarbonyl (C=S) groups is 1. The fourth-order valence-electron chi connectivity index (χ4n) is 1.55. The van der Waals surface area contributed by atoms with Crippen molar-refractivity contribution >= 4 is 28.8 Å². The van der Waals surface area contributed by atoms with Gasteiger partial charge in [0, 0.05) is 11.8 Å². The molecule has 0 aliphatic carbocycles. The minimum absolute atomic E-state index is 0.101. The molecule has 0 saturated carbocycles. The third kappa shape index (κ3) is 3.83. The second kappa shape index (κ2) is 6.72. The second-order valence-corrected chi connectivity index (χ2v) is 4.36. The number of furan rings is 1. The zero-order valence-electron chi connectivity index (χ0n) is 10.9. The molecule has 0 radical (unpaired) electrons. The first kappa shape index (κ1) is 14.1. The standard InChI is InChI=1S/C14H14N2O3S/c1-18-11-5-2-4-10(8-11)16-13(17)14(20)15-9-12-6-3-7-19-12/h2-8H,9H2,1H3,(H,15,20)(H,16,17). The molecule has 2 N–H and O–H groups in total. The largest absolute Gasteiger partial charge is 0.497 e. The number of benzene rings is 1. The molecule has 20 heavy (non-hydrogen) atoms. The van der Waals surface area contributed by atoms with Crippen molar-refractivity contribution in [1.29, 1.82) is 0 Å². The Morgan fingerprint density at radius 2 is 2.20 bits per heavy atom. The Kier molecular flexibility index (Phi) is 4.73. The van der Waals surface area contributed by atoms with E-state index in [1.165, 1.54) is 0 Å². The predicted molar refractivity (Wildman–Crippen MR) is 79.8 cm³/mol. The highest BCUT2D eigenvalue weighted by Gasteiger charge is 2.10. The molecule has 104 valence electrons. The number of anilines is 1. The van der Waals surface area contributed by atoms with Crippen molar-refractivity contribution in [3.05, 3.63) is 48.4 Å². The van der Waals surface area contributed by atoms with Gasteiger partial charge in [-0.3, -0.25) is 4.79 Å². The fourth-order valence-corrected chi connectivity index (χ4v) is 1.67. The van der Waals surface area contributed by atoms with Gasteiger partial charge in [-0.15, -0.1) is 0 Å². The Morgan fingerprint density at radius 3 is 2.90 bits per heavy atom. The number of carbonyl (C=O) groups excluding carboxylic acids is 1. The highest BCUT2D eigenvalue weighted by atomic mass is 32.1. The molecule has 0 aliphatic heterocycles. The van der Waals surface area contributed by atoms with Gasteiger partial charge in [0.25, 0.3) is 5.91 Å². The van der Waals surface area contributed by atoms with Gasteiger partial charge in [0.15, 0.2) is 4.99 Å². The summed E-state index contributed by atoms with van der Waals surface area (Å²) < 4.78 is 10.2. The Morgan fingerprint density at radius 1 is 1.35 bits per heavy atom. The number of rotatable bonds is 4. The molecule has 5 nitrogen and oxygen atoms in total. The van der Waals surface area contributed by atoms with Crippen LogP contribution in [0, 0.1) is 0 Å². The van der Waals surface area contributed by atoms with Crippen molar-refractivity contribution in [2.45, 2.75) is 6.54 Å². The third-order valence-corrected chi connectivity index (χ3v) is 2.87. The van der Waals surface area contributed by atoms with E-state index in [9.17, 15) is 4.79 Å². The molecule has 1 amide bonds. The molecule has 1 heterocycles. The average molecular weight is 290 g/mol. The topological polar surface area (TPSA) is 63.5 Å². The van der Waals surface area contributed by atoms with E-state index in [1.807, 2.05) is 0 Å². The second-order valence-electron chi connectivity index (χ2n) is 3.95. The molecule has 0 bridgehead atoms. The van der Waals surface area contributed by atoms with Crippen LogP contribution >= 0.6 is 12.2 Å². The molecule has 6 heteroatoms. The quantitative estimate of drug-likeness (QED) is 0.846. The van der Waals surface area contributed by atoms with E-state index in [0.717, 1.165) is 0 Å². The minimum atomic E-state index is -0.375. The molecule has 1 aromatic carbocycles. The first-order chi connectivity index (χ1) is 9.69. The van der Waals surface area contributed by atoms with Crippen molar-refractivity contribution in [3.63, 3.8) is 0 Å². The Bertz CT molecular complexity index is 596. The lowest BCUT2D eigenvalue weighted by atomic mass is 10.3. The molecule has 0 fully saturated rings. The van der Waals surface area contributed by atoms with Gasteiger partial charge < -0.3 is 19.8 Å². The van der Waals surface area contributed by atoms with Gasteiger partial charge in [0.05, 0.1) is 19.9 Å². The fraction of sp³-hybridized carbons (Fsp3) is 0.143. The molecule has 0 unspecified atom stereocenters. The number of nitrogens with one attached hydrogen (secondary N) is 2. The summed E-state index contributed by atoms with van der Waals surface area (Å²) in [5.74, 6) is 0.999. The van der Waals surface area contributed by atoms with Crippen molar-refractivity contribution in [2.24, 2.45) is 0 Å². The lowest BCUT2D eigenvalue weighted by Gasteiger charge is -2.08. The van der Waals surface area contributed by atoms with Crippen molar-refractivity contribution in [3.8, 4) is 5.75 Å². The van der Waals surface area contributed by atoms with Crippen LogP contribution in [0.5, 0.6) is 5.75 Å². The van der Waals surface area contributed by atoms with Gasteiger partial charge in [-0.1, -0.05) is 18.3 Å². The van der Waals surface area contributed by atoms with Crippen LogP contribution in [0.1, 0.15) is 5.76 Å². The van der Waals surface area contributed by atoms with E-state index >= 15 is 0 Å². The monoisotopic (exact) mass is 290 g/mol. The summed E-state index contributed by atoms with van der Waals surface area (Å²) in [5, 5.41) is 5.52. The first-order valence-electron chi connectivity index (χ1n) is 5.94. The number of hydrogen-bond acceptors (Lipinski definition) is 4. The van der Waals surface area contributed by atoms with E-state index in [1.54, 1.807) is 49.8 Å². The molecule has 2 aromatic rings. The van der Waals surface area contributed by atoms with Gasteiger partial charge in [-0.05, 0) is 24.3 Å². The number of methoxy groups -OCH3 is 1.